The van der Waals surface area contributed by atoms with E-state index in [4.69, 9.17) is 9.47 Å². The van der Waals surface area contributed by atoms with Crippen molar-refractivity contribution in [2.45, 2.75) is 30.6 Å². The molecule has 0 amide bonds. The summed E-state index contributed by atoms with van der Waals surface area (Å²) < 4.78 is 12.6. The van der Waals surface area contributed by atoms with Crippen molar-refractivity contribution < 1.29 is 14.4 Å². The third kappa shape index (κ3) is 4.40. The Balaban J connectivity index is 1.54. The average molecular weight is 366 g/mol. The van der Waals surface area contributed by atoms with Gasteiger partial charge in [0.05, 0.1) is 24.2 Å². The third-order valence-electron chi connectivity index (χ3n) is 3.77. The number of aromatic amines is 1. The van der Waals surface area contributed by atoms with Crippen LogP contribution in [0.5, 0.6) is 5.75 Å². The first-order chi connectivity index (χ1) is 12.1. The Kier molecular flexibility index (Phi) is 5.71. The van der Waals surface area contributed by atoms with Gasteiger partial charge in [-0.1, -0.05) is 23.9 Å². The maximum atomic E-state index is 11.9. The fraction of sp³-hybridized carbons (Fsp3) is 0.467. The minimum Gasteiger partial charge on any atom is -0.486 e. The van der Waals surface area contributed by atoms with Gasteiger partial charge in [-0.15, -0.1) is 5.10 Å². The molecule has 25 heavy (non-hydrogen) atoms. The van der Waals surface area contributed by atoms with Crippen LogP contribution in [0.25, 0.3) is 0 Å². The van der Waals surface area contributed by atoms with Crippen LogP contribution in [0.3, 0.4) is 0 Å². The molecule has 1 fully saturated rings. The lowest BCUT2D eigenvalue weighted by Gasteiger charge is -2.11. The Labute approximate surface area is 147 Å². The van der Waals surface area contributed by atoms with Crippen LogP contribution in [-0.4, -0.2) is 44.8 Å². The van der Waals surface area contributed by atoms with Gasteiger partial charge in [0.15, 0.2) is 10.9 Å². The molecule has 3 rings (SSSR count). The molecule has 1 aromatic carbocycles. The molecule has 0 spiro atoms. The van der Waals surface area contributed by atoms with Crippen LogP contribution >= 0.6 is 11.8 Å². The van der Waals surface area contributed by atoms with Crippen molar-refractivity contribution in [1.29, 1.82) is 0 Å². The summed E-state index contributed by atoms with van der Waals surface area (Å²) in [6.45, 7) is 1.46. The second kappa shape index (κ2) is 8.17. The van der Waals surface area contributed by atoms with Crippen LogP contribution in [0.1, 0.15) is 12.8 Å². The minimum atomic E-state index is -0.477. The van der Waals surface area contributed by atoms with Gasteiger partial charge in [-0.3, -0.25) is 14.7 Å². The number of para-hydroxylation sites is 2. The van der Waals surface area contributed by atoms with Crippen molar-refractivity contribution in [3.63, 3.8) is 0 Å². The zero-order valence-electron chi connectivity index (χ0n) is 13.4. The van der Waals surface area contributed by atoms with Crippen molar-refractivity contribution >= 4 is 17.4 Å². The summed E-state index contributed by atoms with van der Waals surface area (Å²) in [4.78, 5) is 22.3. The lowest BCUT2D eigenvalue weighted by atomic mass is 10.2. The summed E-state index contributed by atoms with van der Waals surface area (Å²) >= 11 is 1.35. The van der Waals surface area contributed by atoms with E-state index in [1.54, 1.807) is 22.8 Å². The number of hydrogen-bond acceptors (Lipinski definition) is 7. The molecule has 10 heteroatoms. The van der Waals surface area contributed by atoms with Crippen molar-refractivity contribution in [3.8, 4) is 5.75 Å². The van der Waals surface area contributed by atoms with Gasteiger partial charge in [-0.05, 0) is 18.9 Å². The molecule has 1 unspecified atom stereocenters. The van der Waals surface area contributed by atoms with Crippen molar-refractivity contribution in [1.82, 2.24) is 14.8 Å². The van der Waals surface area contributed by atoms with Crippen LogP contribution in [0, 0.1) is 10.1 Å². The van der Waals surface area contributed by atoms with Gasteiger partial charge < -0.3 is 9.47 Å². The predicted molar refractivity (Wildman–Crippen MR) is 91.1 cm³/mol. The highest BCUT2D eigenvalue weighted by atomic mass is 32.2. The summed E-state index contributed by atoms with van der Waals surface area (Å²) in [5.74, 6) is 0.730. The molecular weight excluding hydrogens is 348 g/mol. The molecule has 1 aromatic heterocycles. The fourth-order valence-electron chi connectivity index (χ4n) is 2.58. The minimum absolute atomic E-state index is 0.0397. The number of rotatable bonds is 8. The number of nitro groups is 1. The molecule has 1 atom stereocenters. The number of benzene rings is 1. The van der Waals surface area contributed by atoms with Gasteiger partial charge in [-0.2, -0.15) is 0 Å². The van der Waals surface area contributed by atoms with E-state index in [9.17, 15) is 14.9 Å². The monoisotopic (exact) mass is 366 g/mol. The summed E-state index contributed by atoms with van der Waals surface area (Å²) in [7, 11) is 0. The SMILES string of the molecule is O=c1[nH]nc(SCCOc2ccccc2[N+](=O)[O-])n1CC1CCCO1. The highest BCUT2D eigenvalue weighted by Crippen LogP contribution is 2.26. The van der Waals surface area contributed by atoms with Crippen molar-refractivity contribution in [2.24, 2.45) is 0 Å². The zero-order chi connectivity index (χ0) is 17.6. The van der Waals surface area contributed by atoms with Gasteiger partial charge in [0.2, 0.25) is 0 Å². The molecule has 1 aliphatic heterocycles. The summed E-state index contributed by atoms with van der Waals surface area (Å²) in [6.07, 6.45) is 1.98. The Morgan fingerprint density at radius 1 is 1.48 bits per heavy atom. The molecule has 1 aliphatic rings. The van der Waals surface area contributed by atoms with Crippen LogP contribution < -0.4 is 10.4 Å². The van der Waals surface area contributed by atoms with E-state index < -0.39 is 4.92 Å². The second-order valence-corrected chi connectivity index (χ2v) is 6.54. The Morgan fingerprint density at radius 2 is 2.32 bits per heavy atom. The van der Waals surface area contributed by atoms with Crippen LogP contribution in [0.4, 0.5) is 5.69 Å². The number of aromatic nitrogens is 3. The first-order valence-corrected chi connectivity index (χ1v) is 8.89. The highest BCUT2D eigenvalue weighted by Gasteiger charge is 2.20. The first-order valence-electron chi connectivity index (χ1n) is 7.91. The number of nitrogens with zero attached hydrogens (tertiary/aromatic N) is 3. The van der Waals surface area contributed by atoms with E-state index in [0.29, 0.717) is 17.5 Å². The van der Waals surface area contributed by atoms with Gasteiger partial charge in [0.1, 0.15) is 0 Å². The molecule has 1 saturated heterocycles. The quantitative estimate of drug-likeness (QED) is 0.328. The molecule has 0 aliphatic carbocycles. The first kappa shape index (κ1) is 17.5. The van der Waals surface area contributed by atoms with E-state index in [1.165, 1.54) is 17.8 Å². The Hall–Kier alpha value is -2.33. The molecule has 134 valence electrons. The van der Waals surface area contributed by atoms with Gasteiger partial charge in [-0.25, -0.2) is 9.89 Å². The van der Waals surface area contributed by atoms with E-state index in [-0.39, 0.29) is 29.8 Å². The number of nitrogens with one attached hydrogen (secondary N) is 1. The molecule has 2 aromatic rings. The topological polar surface area (TPSA) is 112 Å². The Bertz CT molecular complexity index is 784. The molecule has 9 nitrogen and oxygen atoms in total. The fourth-order valence-corrected chi connectivity index (χ4v) is 3.35. The maximum absolute atomic E-state index is 11.9. The van der Waals surface area contributed by atoms with E-state index >= 15 is 0 Å². The second-order valence-electron chi connectivity index (χ2n) is 5.48. The van der Waals surface area contributed by atoms with E-state index in [0.717, 1.165) is 19.4 Å². The standard InChI is InChI=1S/C15H18N4O5S/c20-14-16-17-15(18(14)10-11-4-3-7-23-11)25-9-8-24-13-6-2-1-5-12(13)19(21)22/h1-2,5-6,11H,3-4,7-10H2,(H,16,20). The smallest absolute Gasteiger partial charge is 0.344 e. The Morgan fingerprint density at radius 3 is 3.08 bits per heavy atom. The largest absolute Gasteiger partial charge is 0.486 e. The number of hydrogen-bond donors (Lipinski definition) is 1. The number of ether oxygens (including phenoxy) is 2. The van der Waals surface area contributed by atoms with Gasteiger partial charge >= 0.3 is 11.4 Å². The lowest BCUT2D eigenvalue weighted by molar-refractivity contribution is -0.385. The molecule has 0 saturated carbocycles. The summed E-state index contributed by atoms with van der Waals surface area (Å²) in [5, 5.41) is 18.0. The zero-order valence-corrected chi connectivity index (χ0v) is 14.2. The van der Waals surface area contributed by atoms with Crippen LogP contribution in [-0.2, 0) is 11.3 Å². The third-order valence-corrected chi connectivity index (χ3v) is 4.71. The van der Waals surface area contributed by atoms with Crippen molar-refractivity contribution in [3.05, 3.63) is 44.9 Å². The predicted octanol–water partition coefficient (Wildman–Crippen LogP) is 1.83. The molecule has 1 N–H and O–H groups in total. The van der Waals surface area contributed by atoms with Gasteiger partial charge in [0, 0.05) is 18.4 Å². The number of nitro benzene ring substituents is 1. The highest BCUT2D eigenvalue weighted by molar-refractivity contribution is 7.99. The lowest BCUT2D eigenvalue weighted by Crippen LogP contribution is -2.25. The van der Waals surface area contributed by atoms with E-state index in [1.807, 2.05) is 0 Å². The number of thioether (sulfide) groups is 1. The van der Waals surface area contributed by atoms with Crippen molar-refractivity contribution in [2.75, 3.05) is 19.0 Å². The normalized spacial score (nSPS) is 16.9. The van der Waals surface area contributed by atoms with Gasteiger partial charge in [0.25, 0.3) is 0 Å². The maximum Gasteiger partial charge on any atom is 0.344 e. The molecule has 2 heterocycles. The molecule has 0 bridgehead atoms. The van der Waals surface area contributed by atoms with Crippen LogP contribution in [0.15, 0.2) is 34.2 Å². The molecule has 0 radical (unpaired) electrons. The summed E-state index contributed by atoms with van der Waals surface area (Å²) in [6, 6.07) is 6.23. The average Bonchev–Trinajstić information content (AvgIpc) is 3.24. The van der Waals surface area contributed by atoms with Crippen LogP contribution in [0.2, 0.25) is 0 Å². The summed E-state index contributed by atoms with van der Waals surface area (Å²) in [5.41, 5.74) is -0.333. The molecular formula is C15H18N4O5S. The van der Waals surface area contributed by atoms with E-state index in [2.05, 4.69) is 10.2 Å². The number of H-pyrrole nitrogens is 1.